The lowest BCUT2D eigenvalue weighted by Crippen LogP contribution is -2.37. The Bertz CT molecular complexity index is 561. The van der Waals surface area contributed by atoms with E-state index in [0.29, 0.717) is 13.1 Å². The summed E-state index contributed by atoms with van der Waals surface area (Å²) < 4.78 is 0. The van der Waals surface area contributed by atoms with Crippen molar-refractivity contribution in [1.82, 2.24) is 15.6 Å². The largest absolute Gasteiger partial charge is 0.353 e. The molecule has 100 valence electrons. The van der Waals surface area contributed by atoms with Gasteiger partial charge in [0.2, 0.25) is 5.91 Å². The minimum Gasteiger partial charge on any atom is -0.353 e. The SMILES string of the molecule is CC(C)NC(=O)CNCc1cncc2ccccc12. The minimum atomic E-state index is 0.0168. The maximum Gasteiger partial charge on any atom is 0.234 e. The Morgan fingerprint density at radius 3 is 2.84 bits per heavy atom. The van der Waals surface area contributed by atoms with Gasteiger partial charge in [-0.2, -0.15) is 0 Å². The first-order valence-electron chi connectivity index (χ1n) is 6.48. The molecule has 0 saturated carbocycles. The number of hydrogen-bond donors (Lipinski definition) is 2. The normalized spacial score (nSPS) is 10.9. The van der Waals surface area contributed by atoms with E-state index in [1.807, 2.05) is 44.4 Å². The fourth-order valence-electron chi connectivity index (χ4n) is 2.00. The average Bonchev–Trinajstić information content (AvgIpc) is 2.38. The van der Waals surface area contributed by atoms with Crippen molar-refractivity contribution in [2.45, 2.75) is 26.4 Å². The van der Waals surface area contributed by atoms with Crippen LogP contribution in [0.15, 0.2) is 36.7 Å². The maximum atomic E-state index is 11.5. The lowest BCUT2D eigenvalue weighted by Gasteiger charge is -2.10. The van der Waals surface area contributed by atoms with Crippen molar-refractivity contribution in [2.75, 3.05) is 6.54 Å². The van der Waals surface area contributed by atoms with Crippen LogP contribution in [0.3, 0.4) is 0 Å². The van der Waals surface area contributed by atoms with Gasteiger partial charge in [-0.05, 0) is 24.8 Å². The van der Waals surface area contributed by atoms with E-state index in [1.54, 1.807) is 0 Å². The molecule has 0 bridgehead atoms. The molecule has 2 aromatic rings. The van der Waals surface area contributed by atoms with Gasteiger partial charge in [-0.25, -0.2) is 0 Å². The van der Waals surface area contributed by atoms with Crippen LogP contribution in [0.5, 0.6) is 0 Å². The van der Waals surface area contributed by atoms with Crippen LogP contribution in [0.4, 0.5) is 0 Å². The zero-order valence-electron chi connectivity index (χ0n) is 11.3. The highest BCUT2D eigenvalue weighted by Crippen LogP contribution is 2.16. The molecule has 1 aromatic heterocycles. The molecule has 0 aliphatic rings. The molecule has 1 amide bonds. The Morgan fingerprint density at radius 1 is 1.26 bits per heavy atom. The number of pyridine rings is 1. The Balaban J connectivity index is 1.97. The van der Waals surface area contributed by atoms with Crippen LogP contribution in [0, 0.1) is 0 Å². The van der Waals surface area contributed by atoms with Gasteiger partial charge in [0.1, 0.15) is 0 Å². The summed E-state index contributed by atoms with van der Waals surface area (Å²) in [7, 11) is 0. The lowest BCUT2D eigenvalue weighted by atomic mass is 10.1. The molecule has 0 atom stereocenters. The number of amides is 1. The Morgan fingerprint density at radius 2 is 2.05 bits per heavy atom. The molecular formula is C15H19N3O. The van der Waals surface area contributed by atoms with E-state index in [4.69, 9.17) is 0 Å². The van der Waals surface area contributed by atoms with Crippen LogP contribution in [0.2, 0.25) is 0 Å². The molecular weight excluding hydrogens is 238 g/mol. The fourth-order valence-corrected chi connectivity index (χ4v) is 2.00. The molecule has 0 radical (unpaired) electrons. The van der Waals surface area contributed by atoms with E-state index in [0.717, 1.165) is 10.9 Å². The summed E-state index contributed by atoms with van der Waals surface area (Å²) in [5, 5.41) is 8.29. The van der Waals surface area contributed by atoms with Crippen molar-refractivity contribution in [2.24, 2.45) is 0 Å². The van der Waals surface area contributed by atoms with Gasteiger partial charge in [0.25, 0.3) is 0 Å². The van der Waals surface area contributed by atoms with Crippen molar-refractivity contribution in [3.63, 3.8) is 0 Å². The number of aromatic nitrogens is 1. The molecule has 0 aliphatic carbocycles. The van der Waals surface area contributed by atoms with E-state index in [-0.39, 0.29) is 11.9 Å². The Hall–Kier alpha value is -1.94. The summed E-state index contributed by atoms with van der Waals surface area (Å²) in [5.41, 5.74) is 1.11. The molecule has 19 heavy (non-hydrogen) atoms. The molecule has 0 fully saturated rings. The second-order valence-electron chi connectivity index (χ2n) is 4.85. The van der Waals surface area contributed by atoms with Gasteiger partial charge in [-0.1, -0.05) is 24.3 Å². The molecule has 4 heteroatoms. The maximum absolute atomic E-state index is 11.5. The highest BCUT2D eigenvalue weighted by Gasteiger charge is 2.04. The molecule has 0 aliphatic heterocycles. The van der Waals surface area contributed by atoms with Crippen LogP contribution in [0.25, 0.3) is 10.8 Å². The second-order valence-corrected chi connectivity index (χ2v) is 4.85. The molecule has 1 heterocycles. The predicted octanol–water partition coefficient (Wildman–Crippen LogP) is 1.85. The van der Waals surface area contributed by atoms with Crippen molar-refractivity contribution in [3.05, 3.63) is 42.2 Å². The molecule has 2 N–H and O–H groups in total. The van der Waals surface area contributed by atoms with Crippen molar-refractivity contribution < 1.29 is 4.79 Å². The van der Waals surface area contributed by atoms with Gasteiger partial charge in [-0.15, -0.1) is 0 Å². The van der Waals surface area contributed by atoms with E-state index in [2.05, 4.69) is 21.7 Å². The standard InChI is InChI=1S/C15H19N3O/c1-11(2)18-15(19)10-17-9-13-8-16-7-12-5-3-4-6-14(12)13/h3-8,11,17H,9-10H2,1-2H3,(H,18,19). The van der Waals surface area contributed by atoms with Gasteiger partial charge in [0, 0.05) is 30.4 Å². The molecule has 0 spiro atoms. The lowest BCUT2D eigenvalue weighted by molar-refractivity contribution is -0.120. The monoisotopic (exact) mass is 257 g/mol. The van der Waals surface area contributed by atoms with Crippen LogP contribution in [-0.2, 0) is 11.3 Å². The smallest absolute Gasteiger partial charge is 0.234 e. The molecule has 0 unspecified atom stereocenters. The van der Waals surface area contributed by atoms with Crippen LogP contribution < -0.4 is 10.6 Å². The summed E-state index contributed by atoms with van der Waals surface area (Å²) in [6.45, 7) is 4.86. The number of nitrogens with zero attached hydrogens (tertiary/aromatic N) is 1. The minimum absolute atomic E-state index is 0.0168. The fraction of sp³-hybridized carbons (Fsp3) is 0.333. The first-order valence-corrected chi connectivity index (χ1v) is 6.48. The summed E-state index contributed by atoms with van der Waals surface area (Å²) in [6.07, 6.45) is 3.69. The summed E-state index contributed by atoms with van der Waals surface area (Å²) in [4.78, 5) is 15.7. The van der Waals surface area contributed by atoms with Gasteiger partial charge in [0.05, 0.1) is 6.54 Å². The number of hydrogen-bond acceptors (Lipinski definition) is 3. The number of rotatable bonds is 5. The molecule has 4 nitrogen and oxygen atoms in total. The second kappa shape index (κ2) is 6.29. The number of benzene rings is 1. The van der Waals surface area contributed by atoms with Crippen molar-refractivity contribution in [3.8, 4) is 0 Å². The molecule has 1 aromatic carbocycles. The summed E-state index contributed by atoms with van der Waals surface area (Å²) in [5.74, 6) is 0.0168. The Labute approximate surface area is 113 Å². The van der Waals surface area contributed by atoms with Crippen molar-refractivity contribution in [1.29, 1.82) is 0 Å². The van der Waals surface area contributed by atoms with Gasteiger partial charge in [0.15, 0.2) is 0 Å². The Kier molecular flexibility index (Phi) is 4.47. The first-order chi connectivity index (χ1) is 9.16. The van der Waals surface area contributed by atoms with E-state index in [9.17, 15) is 4.79 Å². The van der Waals surface area contributed by atoms with Crippen LogP contribution in [0.1, 0.15) is 19.4 Å². The van der Waals surface area contributed by atoms with Gasteiger partial charge in [-0.3, -0.25) is 9.78 Å². The molecule has 0 saturated heterocycles. The van der Waals surface area contributed by atoms with Crippen LogP contribution >= 0.6 is 0 Å². The highest BCUT2D eigenvalue weighted by molar-refractivity contribution is 5.84. The van der Waals surface area contributed by atoms with E-state index < -0.39 is 0 Å². The number of carbonyl (C=O) groups is 1. The van der Waals surface area contributed by atoms with Gasteiger partial charge >= 0.3 is 0 Å². The average molecular weight is 257 g/mol. The van der Waals surface area contributed by atoms with E-state index >= 15 is 0 Å². The zero-order chi connectivity index (χ0) is 13.7. The summed E-state index contributed by atoms with van der Waals surface area (Å²) >= 11 is 0. The van der Waals surface area contributed by atoms with Crippen molar-refractivity contribution >= 4 is 16.7 Å². The number of fused-ring (bicyclic) bond motifs is 1. The number of carbonyl (C=O) groups excluding carboxylic acids is 1. The zero-order valence-corrected chi connectivity index (χ0v) is 11.3. The van der Waals surface area contributed by atoms with Crippen LogP contribution in [-0.4, -0.2) is 23.5 Å². The number of nitrogens with one attached hydrogen (secondary N) is 2. The summed E-state index contributed by atoms with van der Waals surface area (Å²) in [6, 6.07) is 8.29. The molecule has 2 rings (SSSR count). The van der Waals surface area contributed by atoms with Gasteiger partial charge < -0.3 is 10.6 Å². The van der Waals surface area contributed by atoms with E-state index in [1.165, 1.54) is 5.39 Å². The first kappa shape index (κ1) is 13.5. The quantitative estimate of drug-likeness (QED) is 0.859. The highest BCUT2D eigenvalue weighted by atomic mass is 16.1. The topological polar surface area (TPSA) is 54.0 Å². The third-order valence-corrected chi connectivity index (χ3v) is 2.80. The third kappa shape index (κ3) is 3.76. The third-order valence-electron chi connectivity index (χ3n) is 2.80. The predicted molar refractivity (Wildman–Crippen MR) is 76.7 cm³/mol.